The molecule has 0 unspecified atom stereocenters. The van der Waals surface area contributed by atoms with Crippen molar-refractivity contribution in [1.82, 2.24) is 20.0 Å². The molecule has 5 nitrogen and oxygen atoms in total. The van der Waals surface area contributed by atoms with Gasteiger partial charge in [-0.1, -0.05) is 0 Å². The van der Waals surface area contributed by atoms with Crippen LogP contribution in [0.1, 0.15) is 60.8 Å². The lowest BCUT2D eigenvalue weighted by Gasteiger charge is -2.31. The standard InChI is InChI=1S/C22H26F2N4O/c1-22(2,12-27-7-3-4-8-27)25-21(29)19-16-10-13-9-15(13)20(16)28(26-19)18-6-5-14(23)11-17(18)24/h5-6,11,13,15H,3-4,7-10,12H2,1-2H3,(H,25,29)/t13-,15-/m1/s1. The van der Waals surface area contributed by atoms with Gasteiger partial charge in [0.1, 0.15) is 11.5 Å². The number of amides is 1. The second kappa shape index (κ2) is 6.62. The van der Waals surface area contributed by atoms with E-state index in [-0.39, 0.29) is 17.1 Å². The molecule has 1 saturated heterocycles. The van der Waals surface area contributed by atoms with Crippen LogP contribution in [0.15, 0.2) is 18.2 Å². The van der Waals surface area contributed by atoms with E-state index in [0.717, 1.165) is 49.8 Å². The Hall–Kier alpha value is -2.28. The molecular weight excluding hydrogens is 374 g/mol. The van der Waals surface area contributed by atoms with E-state index in [1.807, 2.05) is 13.8 Å². The summed E-state index contributed by atoms with van der Waals surface area (Å²) in [6.45, 7) is 6.97. The van der Waals surface area contributed by atoms with Crippen molar-refractivity contribution < 1.29 is 13.6 Å². The third kappa shape index (κ3) is 3.35. The maximum Gasteiger partial charge on any atom is 0.272 e. The SMILES string of the molecule is CC(C)(CN1CCCC1)NC(=O)c1nn(-c2ccc(F)cc2F)c2c1C[C@H]1C[C@@H]21. The molecule has 1 aliphatic heterocycles. The molecule has 2 aliphatic carbocycles. The number of likely N-dealkylation sites (tertiary alicyclic amines) is 1. The summed E-state index contributed by atoms with van der Waals surface area (Å²) in [5, 5.41) is 7.65. The van der Waals surface area contributed by atoms with Crippen molar-refractivity contribution in [3.8, 4) is 5.69 Å². The summed E-state index contributed by atoms with van der Waals surface area (Å²) in [7, 11) is 0. The van der Waals surface area contributed by atoms with Crippen LogP contribution in [0.4, 0.5) is 8.78 Å². The lowest BCUT2D eigenvalue weighted by atomic mass is 10.0. The van der Waals surface area contributed by atoms with Gasteiger partial charge in [0.2, 0.25) is 0 Å². The fourth-order valence-electron chi connectivity index (χ4n) is 5.04. The van der Waals surface area contributed by atoms with Gasteiger partial charge in [-0.15, -0.1) is 0 Å². The van der Waals surface area contributed by atoms with Crippen molar-refractivity contribution in [2.24, 2.45) is 5.92 Å². The fourth-order valence-corrected chi connectivity index (χ4v) is 5.04. The van der Waals surface area contributed by atoms with Gasteiger partial charge in [-0.05, 0) is 70.7 Å². The molecule has 0 bridgehead atoms. The first kappa shape index (κ1) is 18.7. The Morgan fingerprint density at radius 3 is 2.76 bits per heavy atom. The van der Waals surface area contributed by atoms with Crippen LogP contribution in [0.5, 0.6) is 0 Å². The van der Waals surface area contributed by atoms with E-state index >= 15 is 0 Å². The summed E-state index contributed by atoms with van der Waals surface area (Å²) in [5.74, 6) is -0.669. The van der Waals surface area contributed by atoms with Crippen molar-refractivity contribution in [2.45, 2.75) is 51.0 Å². The minimum Gasteiger partial charge on any atom is -0.344 e. The molecule has 1 aromatic heterocycles. The van der Waals surface area contributed by atoms with E-state index in [9.17, 15) is 13.6 Å². The molecular formula is C22H26F2N4O. The number of carbonyl (C=O) groups excluding carboxylic acids is 1. The molecule has 1 N–H and O–H groups in total. The summed E-state index contributed by atoms with van der Waals surface area (Å²) >= 11 is 0. The number of rotatable bonds is 5. The van der Waals surface area contributed by atoms with Crippen molar-refractivity contribution >= 4 is 5.91 Å². The smallest absolute Gasteiger partial charge is 0.272 e. The normalized spacial score (nSPS) is 23.2. The largest absolute Gasteiger partial charge is 0.344 e. The maximum atomic E-state index is 14.4. The van der Waals surface area contributed by atoms with Crippen LogP contribution in [-0.2, 0) is 6.42 Å². The molecule has 154 valence electrons. The predicted molar refractivity (Wildman–Crippen MR) is 105 cm³/mol. The third-order valence-electron chi connectivity index (χ3n) is 6.39. The first-order chi connectivity index (χ1) is 13.8. The molecule has 2 aromatic rings. The first-order valence-electron chi connectivity index (χ1n) is 10.4. The van der Waals surface area contributed by atoms with Crippen LogP contribution in [-0.4, -0.2) is 45.8 Å². The Balaban J connectivity index is 1.45. The van der Waals surface area contributed by atoms with Crippen molar-refractivity contribution in [2.75, 3.05) is 19.6 Å². The van der Waals surface area contributed by atoms with Crippen molar-refractivity contribution in [3.63, 3.8) is 0 Å². The summed E-state index contributed by atoms with van der Waals surface area (Å²) in [6.07, 6.45) is 4.25. The molecule has 2 heterocycles. The summed E-state index contributed by atoms with van der Waals surface area (Å²) in [6, 6.07) is 3.49. The highest BCUT2D eigenvalue weighted by Gasteiger charge is 2.50. The highest BCUT2D eigenvalue weighted by Crippen LogP contribution is 2.57. The minimum absolute atomic E-state index is 0.200. The Morgan fingerprint density at radius 2 is 2.03 bits per heavy atom. The van der Waals surface area contributed by atoms with Crippen LogP contribution in [0.2, 0.25) is 0 Å². The Labute approximate surface area is 169 Å². The number of hydrogen-bond acceptors (Lipinski definition) is 3. The van der Waals surface area contributed by atoms with Crippen LogP contribution in [0.25, 0.3) is 5.69 Å². The van der Waals surface area contributed by atoms with E-state index in [1.54, 1.807) is 0 Å². The lowest BCUT2D eigenvalue weighted by molar-refractivity contribution is 0.0887. The number of nitrogens with one attached hydrogen (secondary N) is 1. The zero-order valence-electron chi connectivity index (χ0n) is 16.8. The van der Waals surface area contributed by atoms with Gasteiger partial charge < -0.3 is 10.2 Å². The molecule has 1 saturated carbocycles. The molecule has 1 aromatic carbocycles. The van der Waals surface area contributed by atoms with Gasteiger partial charge >= 0.3 is 0 Å². The van der Waals surface area contributed by atoms with E-state index in [1.165, 1.54) is 29.7 Å². The summed E-state index contributed by atoms with van der Waals surface area (Å²) in [4.78, 5) is 15.5. The minimum atomic E-state index is -0.666. The molecule has 0 spiro atoms. The van der Waals surface area contributed by atoms with Gasteiger partial charge in [0.25, 0.3) is 5.91 Å². The third-order valence-corrected chi connectivity index (χ3v) is 6.39. The van der Waals surface area contributed by atoms with Crippen molar-refractivity contribution in [3.05, 3.63) is 46.8 Å². The quantitative estimate of drug-likeness (QED) is 0.837. The molecule has 2 fully saturated rings. The van der Waals surface area contributed by atoms with E-state index in [0.29, 0.717) is 17.5 Å². The van der Waals surface area contributed by atoms with Gasteiger partial charge in [0.05, 0.1) is 5.69 Å². The highest BCUT2D eigenvalue weighted by atomic mass is 19.1. The average Bonchev–Trinajstić information content (AvgIpc) is 2.99. The zero-order chi connectivity index (χ0) is 20.3. The van der Waals surface area contributed by atoms with Crippen LogP contribution in [0.3, 0.4) is 0 Å². The Bertz CT molecular complexity index is 977. The van der Waals surface area contributed by atoms with E-state index < -0.39 is 11.6 Å². The van der Waals surface area contributed by atoms with Crippen LogP contribution < -0.4 is 5.32 Å². The Morgan fingerprint density at radius 1 is 1.28 bits per heavy atom. The molecule has 0 radical (unpaired) electrons. The molecule has 1 amide bonds. The average molecular weight is 400 g/mol. The predicted octanol–water partition coefficient (Wildman–Crippen LogP) is 3.41. The van der Waals surface area contributed by atoms with Crippen LogP contribution >= 0.6 is 0 Å². The van der Waals surface area contributed by atoms with Gasteiger partial charge in [-0.25, -0.2) is 13.5 Å². The number of hydrogen-bond donors (Lipinski definition) is 1. The second-order valence-electron chi connectivity index (χ2n) is 9.35. The number of nitrogens with zero attached hydrogens (tertiary/aromatic N) is 3. The molecule has 3 aliphatic rings. The number of halogens is 2. The molecule has 7 heteroatoms. The lowest BCUT2D eigenvalue weighted by Crippen LogP contribution is -2.51. The van der Waals surface area contributed by atoms with Crippen LogP contribution in [0, 0.1) is 17.6 Å². The number of fused-ring (bicyclic) bond motifs is 3. The van der Waals surface area contributed by atoms with Gasteiger partial charge in [0, 0.05) is 29.6 Å². The fraction of sp³-hybridized carbons (Fsp3) is 0.545. The van der Waals surface area contributed by atoms with Gasteiger partial charge in [-0.3, -0.25) is 4.79 Å². The number of benzene rings is 1. The first-order valence-corrected chi connectivity index (χ1v) is 10.4. The topological polar surface area (TPSA) is 50.2 Å². The van der Waals surface area contributed by atoms with Gasteiger partial charge in [0.15, 0.2) is 11.5 Å². The second-order valence-corrected chi connectivity index (χ2v) is 9.35. The molecule has 5 rings (SSSR count). The van der Waals surface area contributed by atoms with Crippen molar-refractivity contribution in [1.29, 1.82) is 0 Å². The van der Waals surface area contributed by atoms with E-state index in [2.05, 4.69) is 15.3 Å². The Kier molecular flexibility index (Phi) is 4.28. The summed E-state index contributed by atoms with van der Waals surface area (Å²) in [5.41, 5.74) is 2.03. The van der Waals surface area contributed by atoms with E-state index in [4.69, 9.17) is 0 Å². The maximum absolute atomic E-state index is 14.4. The van der Waals surface area contributed by atoms with Gasteiger partial charge in [-0.2, -0.15) is 5.10 Å². The zero-order valence-corrected chi connectivity index (χ0v) is 16.8. The molecule has 2 atom stereocenters. The molecule has 29 heavy (non-hydrogen) atoms. The highest BCUT2D eigenvalue weighted by molar-refractivity contribution is 5.95. The summed E-state index contributed by atoms with van der Waals surface area (Å²) < 4.78 is 29.3. The monoisotopic (exact) mass is 400 g/mol. The number of aromatic nitrogens is 2. The number of carbonyl (C=O) groups is 1.